The number of hydrogen-bond acceptors (Lipinski definition) is 0. The Morgan fingerprint density at radius 1 is 0.917 bits per heavy atom. The van der Waals surface area contributed by atoms with Crippen LogP contribution in [-0.2, 0) is 0 Å². The summed E-state index contributed by atoms with van der Waals surface area (Å²) in [5.74, 6) is 0. The third-order valence-electron chi connectivity index (χ3n) is 1.21. The predicted molar refractivity (Wildman–Crippen MR) is 57.0 cm³/mol. The highest BCUT2D eigenvalue weighted by atomic mass is 13.7. The lowest BCUT2D eigenvalue weighted by Gasteiger charge is -1.77. The van der Waals surface area contributed by atoms with Gasteiger partial charge < -0.3 is 0 Å². The van der Waals surface area contributed by atoms with E-state index in [1.807, 2.05) is 43.4 Å². The number of hydrogen-bond donors (Lipinski definition) is 0. The molecule has 0 spiro atoms. The maximum absolute atomic E-state index is 3.58. The molecule has 0 amide bonds. The van der Waals surface area contributed by atoms with Crippen LogP contribution in [0.3, 0.4) is 0 Å². The molecular weight excluding hydrogens is 144 g/mol. The Bertz CT molecular complexity index is 202. The molecule has 0 bridgehead atoms. The van der Waals surface area contributed by atoms with Crippen LogP contribution >= 0.6 is 0 Å². The molecule has 0 aromatic carbocycles. The molecule has 0 aliphatic carbocycles. The van der Waals surface area contributed by atoms with Gasteiger partial charge in [0.2, 0.25) is 0 Å². The van der Waals surface area contributed by atoms with E-state index >= 15 is 0 Å². The van der Waals surface area contributed by atoms with E-state index in [-0.39, 0.29) is 0 Å². The summed E-state index contributed by atoms with van der Waals surface area (Å²) in [6.07, 6.45) is 18.9. The van der Waals surface area contributed by atoms with Gasteiger partial charge in [-0.15, -0.1) is 0 Å². The van der Waals surface area contributed by atoms with Gasteiger partial charge in [-0.25, -0.2) is 0 Å². The lowest BCUT2D eigenvalue weighted by molar-refractivity contribution is 1.39. The maximum Gasteiger partial charge on any atom is -0.0163 e. The molecule has 0 aliphatic rings. The molecule has 0 rings (SSSR count). The van der Waals surface area contributed by atoms with Gasteiger partial charge in [0, 0.05) is 0 Å². The summed E-state index contributed by atoms with van der Waals surface area (Å²) in [7, 11) is 0. The summed E-state index contributed by atoms with van der Waals surface area (Å²) in [5.41, 5.74) is 0. The first-order valence-corrected chi connectivity index (χ1v) is 4.14. The average molecular weight is 160 g/mol. The molecule has 0 radical (unpaired) electrons. The molecule has 12 heavy (non-hydrogen) atoms. The second-order valence-corrected chi connectivity index (χ2v) is 2.24. The fourth-order valence-electron chi connectivity index (χ4n) is 0.647. The van der Waals surface area contributed by atoms with Gasteiger partial charge in [-0.3, -0.25) is 0 Å². The molecule has 0 nitrogen and oxygen atoms in total. The van der Waals surface area contributed by atoms with Crippen molar-refractivity contribution in [3.8, 4) is 0 Å². The Balaban J connectivity index is 3.48. The third-order valence-corrected chi connectivity index (χ3v) is 1.21. The molecule has 0 atom stereocenters. The van der Waals surface area contributed by atoms with Crippen LogP contribution in [0.15, 0.2) is 61.3 Å². The van der Waals surface area contributed by atoms with E-state index in [2.05, 4.69) is 18.7 Å². The smallest absolute Gasteiger partial charge is 0.0163 e. The minimum atomic E-state index is 0.978. The fraction of sp³-hybridized carbons (Fsp3) is 0.167. The van der Waals surface area contributed by atoms with Gasteiger partial charge in [0.1, 0.15) is 0 Å². The van der Waals surface area contributed by atoms with E-state index in [0.29, 0.717) is 0 Å². The van der Waals surface area contributed by atoms with Crippen LogP contribution in [0.4, 0.5) is 0 Å². The van der Waals surface area contributed by atoms with E-state index in [4.69, 9.17) is 0 Å². The Hall–Kier alpha value is -1.30. The Morgan fingerprint density at radius 3 is 2.17 bits per heavy atom. The minimum Gasteiger partial charge on any atom is -0.0991 e. The van der Waals surface area contributed by atoms with Crippen molar-refractivity contribution in [1.82, 2.24) is 0 Å². The molecule has 0 aromatic rings. The number of rotatable bonds is 5. The van der Waals surface area contributed by atoms with Gasteiger partial charge >= 0.3 is 0 Å². The molecule has 0 unspecified atom stereocenters. The van der Waals surface area contributed by atoms with Crippen molar-refractivity contribution in [1.29, 1.82) is 0 Å². The lowest BCUT2D eigenvalue weighted by atomic mass is 10.3. The zero-order valence-corrected chi connectivity index (χ0v) is 7.61. The van der Waals surface area contributed by atoms with Crippen LogP contribution in [-0.4, -0.2) is 0 Å². The van der Waals surface area contributed by atoms with Gasteiger partial charge in [0.15, 0.2) is 0 Å². The highest BCUT2D eigenvalue weighted by Crippen LogP contribution is 1.87. The summed E-state index contributed by atoms with van der Waals surface area (Å²) in [5, 5.41) is 0. The first-order chi connectivity index (χ1) is 5.91. The van der Waals surface area contributed by atoms with Gasteiger partial charge in [-0.05, 0) is 13.3 Å². The van der Waals surface area contributed by atoms with E-state index in [0.717, 1.165) is 6.42 Å². The normalized spacial score (nSPS) is 12.8. The van der Waals surface area contributed by atoms with Crippen LogP contribution < -0.4 is 0 Å². The Labute approximate surface area is 75.3 Å². The van der Waals surface area contributed by atoms with E-state index in [1.165, 1.54) is 0 Å². The molecular formula is C12H16. The van der Waals surface area contributed by atoms with Crippen LogP contribution in [0.2, 0.25) is 0 Å². The molecule has 64 valence electrons. The van der Waals surface area contributed by atoms with Crippen molar-refractivity contribution in [2.75, 3.05) is 0 Å². The molecule has 0 aliphatic heterocycles. The Morgan fingerprint density at radius 2 is 1.58 bits per heavy atom. The molecule has 0 N–H and O–H groups in total. The van der Waals surface area contributed by atoms with Crippen molar-refractivity contribution in [2.45, 2.75) is 13.3 Å². The Kier molecular flexibility index (Phi) is 8.65. The predicted octanol–water partition coefficient (Wildman–Crippen LogP) is 3.81. The van der Waals surface area contributed by atoms with E-state index < -0.39 is 0 Å². The van der Waals surface area contributed by atoms with Crippen LogP contribution in [0.1, 0.15) is 13.3 Å². The zero-order chi connectivity index (χ0) is 9.07. The molecule has 0 heterocycles. The van der Waals surface area contributed by atoms with Crippen LogP contribution in [0.5, 0.6) is 0 Å². The second kappa shape index (κ2) is 9.70. The second-order valence-electron chi connectivity index (χ2n) is 2.24. The zero-order valence-electron chi connectivity index (χ0n) is 7.61. The van der Waals surface area contributed by atoms with Crippen molar-refractivity contribution < 1.29 is 0 Å². The average Bonchev–Trinajstić information content (AvgIpc) is 2.10. The van der Waals surface area contributed by atoms with Gasteiger partial charge in [-0.1, -0.05) is 61.3 Å². The first-order valence-electron chi connectivity index (χ1n) is 4.14. The van der Waals surface area contributed by atoms with Gasteiger partial charge in [0.25, 0.3) is 0 Å². The number of allylic oxidation sites excluding steroid dienone is 9. The summed E-state index contributed by atoms with van der Waals surface area (Å²) in [4.78, 5) is 0. The quantitative estimate of drug-likeness (QED) is 0.536. The first kappa shape index (κ1) is 10.7. The lowest BCUT2D eigenvalue weighted by Crippen LogP contribution is -1.56. The fourth-order valence-corrected chi connectivity index (χ4v) is 0.647. The maximum atomic E-state index is 3.58. The minimum absolute atomic E-state index is 0.978. The summed E-state index contributed by atoms with van der Waals surface area (Å²) in [6, 6.07) is 0. The largest absolute Gasteiger partial charge is 0.0991 e. The molecule has 0 saturated heterocycles. The highest BCUT2D eigenvalue weighted by molar-refractivity contribution is 5.11. The summed E-state index contributed by atoms with van der Waals surface area (Å²) < 4.78 is 0. The van der Waals surface area contributed by atoms with Crippen molar-refractivity contribution in [3.05, 3.63) is 61.3 Å². The molecule has 0 heteroatoms. The van der Waals surface area contributed by atoms with Crippen molar-refractivity contribution in [2.24, 2.45) is 0 Å². The topological polar surface area (TPSA) is 0 Å². The summed E-state index contributed by atoms with van der Waals surface area (Å²) in [6.45, 7) is 5.58. The SMILES string of the molecule is C=CC=CC=CCC=CC=CC. The van der Waals surface area contributed by atoms with E-state index in [9.17, 15) is 0 Å². The molecule has 0 fully saturated rings. The van der Waals surface area contributed by atoms with Crippen LogP contribution in [0.25, 0.3) is 0 Å². The van der Waals surface area contributed by atoms with Crippen molar-refractivity contribution >= 4 is 0 Å². The van der Waals surface area contributed by atoms with Crippen molar-refractivity contribution in [3.63, 3.8) is 0 Å². The van der Waals surface area contributed by atoms with Crippen LogP contribution in [0, 0.1) is 0 Å². The molecule has 0 aromatic heterocycles. The summed E-state index contributed by atoms with van der Waals surface area (Å²) >= 11 is 0. The van der Waals surface area contributed by atoms with Gasteiger partial charge in [0.05, 0.1) is 0 Å². The van der Waals surface area contributed by atoms with Gasteiger partial charge in [-0.2, -0.15) is 0 Å². The van der Waals surface area contributed by atoms with E-state index in [1.54, 1.807) is 6.08 Å². The monoisotopic (exact) mass is 160 g/mol. The standard InChI is InChI=1S/C12H16/c1-3-5-7-9-11-12-10-8-6-4-2/h3-11H,1,12H2,2H3. The highest BCUT2D eigenvalue weighted by Gasteiger charge is 1.66. The third kappa shape index (κ3) is 8.70. The molecule has 0 saturated carbocycles.